The van der Waals surface area contributed by atoms with E-state index in [0.29, 0.717) is 0 Å². The third-order valence-corrected chi connectivity index (χ3v) is 6.79. The van der Waals surface area contributed by atoms with E-state index >= 15 is 0 Å². The Kier molecular flexibility index (Phi) is 4.72. The van der Waals surface area contributed by atoms with Crippen LogP contribution < -0.4 is 10.6 Å². The lowest BCUT2D eigenvalue weighted by molar-refractivity contribution is -0.0684. The van der Waals surface area contributed by atoms with Gasteiger partial charge in [0.15, 0.2) is 0 Å². The van der Waals surface area contributed by atoms with E-state index in [-0.39, 0.29) is 23.7 Å². The number of aryl methyl sites for hydroxylation is 1. The molecule has 2 N–H and O–H groups in total. The second-order valence-electron chi connectivity index (χ2n) is 7.29. The van der Waals surface area contributed by atoms with Crippen molar-refractivity contribution in [2.24, 2.45) is 0 Å². The van der Waals surface area contributed by atoms with Gasteiger partial charge >= 0.3 is 6.03 Å². The van der Waals surface area contributed by atoms with Crippen molar-refractivity contribution in [1.82, 2.24) is 10.6 Å². The van der Waals surface area contributed by atoms with Crippen molar-refractivity contribution in [3.05, 3.63) is 35.4 Å². The Hall–Kier alpha value is -1.20. The summed E-state index contributed by atoms with van der Waals surface area (Å²) in [7, 11) is 0. The fourth-order valence-electron chi connectivity index (χ4n) is 4.30. The maximum atomic E-state index is 12.5. The highest BCUT2D eigenvalue weighted by Gasteiger charge is 2.40. The second kappa shape index (κ2) is 6.96. The summed E-state index contributed by atoms with van der Waals surface area (Å²) in [6.45, 7) is 0.762. The first-order chi connectivity index (χ1) is 11.7. The van der Waals surface area contributed by atoms with Crippen molar-refractivity contribution in [1.29, 1.82) is 0 Å². The molecule has 2 aliphatic heterocycles. The zero-order chi connectivity index (χ0) is 16.4. The van der Waals surface area contributed by atoms with Gasteiger partial charge in [0.2, 0.25) is 0 Å². The molecule has 3 atom stereocenters. The van der Waals surface area contributed by atoms with Crippen molar-refractivity contribution in [3.8, 4) is 0 Å². The monoisotopic (exact) mass is 346 g/mol. The summed E-state index contributed by atoms with van der Waals surface area (Å²) in [4.78, 5) is 12.5. The summed E-state index contributed by atoms with van der Waals surface area (Å²) < 4.78 is 6.04. The van der Waals surface area contributed by atoms with Gasteiger partial charge in [-0.15, -0.1) is 0 Å². The largest absolute Gasteiger partial charge is 0.374 e. The van der Waals surface area contributed by atoms with Gasteiger partial charge in [-0.1, -0.05) is 24.3 Å². The number of carbonyl (C=O) groups is 1. The molecule has 130 valence electrons. The summed E-state index contributed by atoms with van der Waals surface area (Å²) >= 11 is 1.97. The van der Waals surface area contributed by atoms with Gasteiger partial charge in [-0.05, 0) is 55.4 Å². The van der Waals surface area contributed by atoms with E-state index in [2.05, 4.69) is 34.9 Å². The Balaban J connectivity index is 1.36. The molecule has 0 unspecified atom stereocenters. The molecule has 2 saturated heterocycles. The average Bonchev–Trinajstić information content (AvgIpc) is 3.03. The van der Waals surface area contributed by atoms with Crippen LogP contribution in [0.25, 0.3) is 0 Å². The minimum absolute atomic E-state index is 0.0122. The Labute approximate surface area is 148 Å². The van der Waals surface area contributed by atoms with Gasteiger partial charge < -0.3 is 15.4 Å². The predicted molar refractivity (Wildman–Crippen MR) is 97.4 cm³/mol. The number of carbonyl (C=O) groups excluding carboxylic acids is 1. The Morgan fingerprint density at radius 2 is 2.17 bits per heavy atom. The molecule has 0 aromatic heterocycles. The highest BCUT2D eigenvalue weighted by atomic mass is 32.2. The summed E-state index contributed by atoms with van der Waals surface area (Å²) in [5.74, 6) is 2.25. The van der Waals surface area contributed by atoms with Crippen molar-refractivity contribution in [2.75, 3.05) is 18.1 Å². The Morgan fingerprint density at radius 3 is 3.04 bits per heavy atom. The summed E-state index contributed by atoms with van der Waals surface area (Å²) in [5, 5.41) is 6.41. The maximum Gasteiger partial charge on any atom is 0.315 e. The van der Waals surface area contributed by atoms with E-state index in [1.807, 2.05) is 11.8 Å². The molecule has 3 aliphatic rings. The molecule has 2 fully saturated rings. The molecule has 24 heavy (non-hydrogen) atoms. The third kappa shape index (κ3) is 3.42. The summed E-state index contributed by atoms with van der Waals surface area (Å²) in [6.07, 6.45) is 6.28. The summed E-state index contributed by atoms with van der Waals surface area (Å²) in [5.41, 5.74) is 2.68. The van der Waals surface area contributed by atoms with Gasteiger partial charge in [0.1, 0.15) is 0 Å². The molecule has 0 saturated carbocycles. The summed E-state index contributed by atoms with van der Waals surface area (Å²) in [6, 6.07) is 8.84. The molecule has 0 radical (unpaired) electrons. The molecule has 1 aliphatic carbocycles. The zero-order valence-electron chi connectivity index (χ0n) is 14.1. The van der Waals surface area contributed by atoms with Crippen LogP contribution in [0.4, 0.5) is 4.79 Å². The maximum absolute atomic E-state index is 12.5. The van der Waals surface area contributed by atoms with Crippen LogP contribution >= 0.6 is 11.8 Å². The SMILES string of the molecule is O=C(N[C@@H]1CCO[C@@]2(CCSC2)C1)N[C@H]1CCCc2ccccc21. The van der Waals surface area contributed by atoms with Gasteiger partial charge in [0.25, 0.3) is 0 Å². The van der Waals surface area contributed by atoms with E-state index < -0.39 is 0 Å². The fourth-order valence-corrected chi connectivity index (χ4v) is 5.68. The van der Waals surface area contributed by atoms with Crippen molar-refractivity contribution >= 4 is 17.8 Å². The molecule has 5 heteroatoms. The van der Waals surface area contributed by atoms with Crippen molar-refractivity contribution < 1.29 is 9.53 Å². The van der Waals surface area contributed by atoms with Gasteiger partial charge in [-0.3, -0.25) is 0 Å². The number of thioether (sulfide) groups is 1. The molecule has 0 bridgehead atoms. The van der Waals surface area contributed by atoms with E-state index in [9.17, 15) is 4.79 Å². The average molecular weight is 346 g/mol. The van der Waals surface area contributed by atoms with Gasteiger partial charge in [0.05, 0.1) is 11.6 Å². The zero-order valence-corrected chi connectivity index (χ0v) is 14.9. The van der Waals surface area contributed by atoms with Crippen LogP contribution in [0.15, 0.2) is 24.3 Å². The number of hydrogen-bond donors (Lipinski definition) is 2. The lowest BCUT2D eigenvalue weighted by Crippen LogP contribution is -2.51. The lowest BCUT2D eigenvalue weighted by Gasteiger charge is -2.38. The van der Waals surface area contributed by atoms with Crippen LogP contribution in [0.2, 0.25) is 0 Å². The Morgan fingerprint density at radius 1 is 1.25 bits per heavy atom. The number of fused-ring (bicyclic) bond motifs is 1. The first kappa shape index (κ1) is 16.3. The number of ether oxygens (including phenoxy) is 1. The number of rotatable bonds is 2. The van der Waals surface area contributed by atoms with Crippen LogP contribution in [-0.2, 0) is 11.2 Å². The second-order valence-corrected chi connectivity index (χ2v) is 8.39. The highest BCUT2D eigenvalue weighted by Crippen LogP contribution is 2.38. The minimum atomic E-state index is -0.0237. The molecule has 2 heterocycles. The van der Waals surface area contributed by atoms with Crippen LogP contribution in [0, 0.1) is 0 Å². The highest BCUT2D eigenvalue weighted by molar-refractivity contribution is 7.99. The van der Waals surface area contributed by atoms with E-state index in [4.69, 9.17) is 4.74 Å². The molecule has 1 aromatic rings. The third-order valence-electron chi connectivity index (χ3n) is 5.57. The number of hydrogen-bond acceptors (Lipinski definition) is 3. The van der Waals surface area contributed by atoms with Crippen molar-refractivity contribution in [2.45, 2.75) is 56.2 Å². The Bertz CT molecular complexity index is 601. The van der Waals surface area contributed by atoms with E-state index in [1.165, 1.54) is 16.9 Å². The number of benzene rings is 1. The van der Waals surface area contributed by atoms with Crippen LogP contribution in [-0.4, -0.2) is 35.8 Å². The van der Waals surface area contributed by atoms with Crippen molar-refractivity contribution in [3.63, 3.8) is 0 Å². The van der Waals surface area contributed by atoms with Gasteiger partial charge in [-0.25, -0.2) is 4.79 Å². The molecule has 1 spiro atoms. The van der Waals surface area contributed by atoms with E-state index in [0.717, 1.165) is 50.9 Å². The van der Waals surface area contributed by atoms with Crippen LogP contribution in [0.1, 0.15) is 49.3 Å². The standard InChI is InChI=1S/C19H26N2O2S/c22-18(20-15-8-10-23-19(12-15)9-11-24-13-19)21-17-7-3-5-14-4-1-2-6-16(14)17/h1-2,4,6,15,17H,3,5,7-13H2,(H2,20,21,22)/t15-,17+,19+/m1/s1. The topological polar surface area (TPSA) is 50.4 Å². The number of nitrogens with one attached hydrogen (secondary N) is 2. The quantitative estimate of drug-likeness (QED) is 0.863. The first-order valence-electron chi connectivity index (χ1n) is 9.11. The van der Waals surface area contributed by atoms with E-state index in [1.54, 1.807) is 0 Å². The number of amides is 2. The molecule has 1 aromatic carbocycles. The first-order valence-corrected chi connectivity index (χ1v) is 10.3. The fraction of sp³-hybridized carbons (Fsp3) is 0.632. The van der Waals surface area contributed by atoms with Gasteiger partial charge in [-0.2, -0.15) is 11.8 Å². The molecular weight excluding hydrogens is 320 g/mol. The van der Waals surface area contributed by atoms with Gasteiger partial charge in [0, 0.05) is 18.4 Å². The lowest BCUT2D eigenvalue weighted by atomic mass is 9.88. The number of urea groups is 1. The molecular formula is C19H26N2O2S. The molecule has 2 amide bonds. The predicted octanol–water partition coefficient (Wildman–Crippen LogP) is 3.42. The minimum Gasteiger partial charge on any atom is -0.374 e. The normalized spacial score (nSPS) is 32.3. The molecule has 4 nitrogen and oxygen atoms in total. The smallest absolute Gasteiger partial charge is 0.315 e. The molecule has 4 rings (SSSR count). The van der Waals surface area contributed by atoms with Crippen LogP contribution in [0.5, 0.6) is 0 Å². The van der Waals surface area contributed by atoms with Crippen LogP contribution in [0.3, 0.4) is 0 Å².